The molecular formula is C18H17NO3. The van der Waals surface area contributed by atoms with Gasteiger partial charge in [-0.05, 0) is 36.8 Å². The maximum atomic E-state index is 11.3. The molecule has 22 heavy (non-hydrogen) atoms. The summed E-state index contributed by atoms with van der Waals surface area (Å²) in [7, 11) is 1.62. The van der Waals surface area contributed by atoms with E-state index in [2.05, 4.69) is 4.98 Å². The van der Waals surface area contributed by atoms with Gasteiger partial charge in [0.15, 0.2) is 0 Å². The molecule has 1 aromatic heterocycles. The second kappa shape index (κ2) is 5.56. The standard InChI is InChI=1S/C18H17NO3/c1-11-6-7-16-14(8-11)15(10-17(20)21)18(19-16)12-4-3-5-13(9-12)22-2/h3-9,19H,10H2,1-2H3,(H,20,21). The van der Waals surface area contributed by atoms with Crippen LogP contribution in [0.1, 0.15) is 11.1 Å². The molecule has 2 aromatic carbocycles. The highest BCUT2D eigenvalue weighted by Gasteiger charge is 2.16. The number of carbonyl (C=O) groups is 1. The Morgan fingerprint density at radius 1 is 1.23 bits per heavy atom. The molecule has 0 unspecified atom stereocenters. The number of hydrogen-bond donors (Lipinski definition) is 2. The van der Waals surface area contributed by atoms with Crippen molar-refractivity contribution in [1.82, 2.24) is 4.98 Å². The molecule has 3 rings (SSSR count). The first kappa shape index (κ1) is 14.2. The third kappa shape index (κ3) is 2.55. The lowest BCUT2D eigenvalue weighted by Crippen LogP contribution is -2.01. The SMILES string of the molecule is COc1cccc(-c2[nH]c3ccc(C)cc3c2CC(=O)O)c1. The van der Waals surface area contributed by atoms with Gasteiger partial charge >= 0.3 is 5.97 Å². The molecule has 0 radical (unpaired) electrons. The lowest BCUT2D eigenvalue weighted by atomic mass is 10.0. The number of aromatic nitrogens is 1. The molecule has 4 nitrogen and oxygen atoms in total. The molecule has 0 aliphatic rings. The number of aliphatic carboxylic acids is 1. The van der Waals surface area contributed by atoms with Crippen LogP contribution >= 0.6 is 0 Å². The molecule has 0 aliphatic heterocycles. The van der Waals surface area contributed by atoms with Crippen molar-refractivity contribution in [3.05, 3.63) is 53.6 Å². The minimum atomic E-state index is -0.841. The van der Waals surface area contributed by atoms with Gasteiger partial charge in [0.25, 0.3) is 0 Å². The van der Waals surface area contributed by atoms with E-state index >= 15 is 0 Å². The summed E-state index contributed by atoms with van der Waals surface area (Å²) in [6, 6.07) is 13.6. The van der Waals surface area contributed by atoms with E-state index in [1.807, 2.05) is 49.4 Å². The smallest absolute Gasteiger partial charge is 0.307 e. The number of fused-ring (bicyclic) bond motifs is 1. The van der Waals surface area contributed by atoms with Crippen molar-refractivity contribution >= 4 is 16.9 Å². The van der Waals surface area contributed by atoms with E-state index in [1.165, 1.54) is 0 Å². The lowest BCUT2D eigenvalue weighted by Gasteiger charge is -2.05. The Balaban J connectivity index is 2.25. The molecule has 0 saturated heterocycles. The van der Waals surface area contributed by atoms with Gasteiger partial charge in [0, 0.05) is 16.5 Å². The average Bonchev–Trinajstić information content (AvgIpc) is 2.85. The average molecular weight is 295 g/mol. The van der Waals surface area contributed by atoms with E-state index in [0.29, 0.717) is 0 Å². The minimum Gasteiger partial charge on any atom is -0.497 e. The molecule has 0 fully saturated rings. The number of nitrogens with one attached hydrogen (secondary N) is 1. The van der Waals surface area contributed by atoms with Crippen molar-refractivity contribution < 1.29 is 14.6 Å². The molecule has 0 saturated carbocycles. The Bertz CT molecular complexity index is 849. The quantitative estimate of drug-likeness (QED) is 0.770. The van der Waals surface area contributed by atoms with Crippen molar-refractivity contribution in [2.75, 3.05) is 7.11 Å². The zero-order valence-corrected chi connectivity index (χ0v) is 12.5. The van der Waals surface area contributed by atoms with Gasteiger partial charge < -0.3 is 14.8 Å². The van der Waals surface area contributed by atoms with Gasteiger partial charge in [-0.2, -0.15) is 0 Å². The number of H-pyrrole nitrogens is 1. The van der Waals surface area contributed by atoms with Crippen LogP contribution in [-0.2, 0) is 11.2 Å². The molecule has 112 valence electrons. The van der Waals surface area contributed by atoms with Gasteiger partial charge in [0.05, 0.1) is 19.2 Å². The summed E-state index contributed by atoms with van der Waals surface area (Å²) in [6.07, 6.45) is -0.0179. The first-order valence-corrected chi connectivity index (χ1v) is 7.06. The van der Waals surface area contributed by atoms with Gasteiger partial charge in [-0.15, -0.1) is 0 Å². The van der Waals surface area contributed by atoms with E-state index in [9.17, 15) is 9.90 Å². The Labute approximate surface area is 128 Å². The Morgan fingerprint density at radius 3 is 2.77 bits per heavy atom. The van der Waals surface area contributed by atoms with Crippen molar-refractivity contribution in [3.8, 4) is 17.0 Å². The molecule has 4 heteroatoms. The summed E-state index contributed by atoms with van der Waals surface area (Å²) >= 11 is 0. The van der Waals surface area contributed by atoms with E-state index in [0.717, 1.165) is 39.0 Å². The van der Waals surface area contributed by atoms with E-state index in [1.54, 1.807) is 7.11 Å². The van der Waals surface area contributed by atoms with Gasteiger partial charge in [-0.1, -0.05) is 23.8 Å². The maximum Gasteiger partial charge on any atom is 0.307 e. The summed E-state index contributed by atoms with van der Waals surface area (Å²) in [4.78, 5) is 14.6. The highest BCUT2D eigenvalue weighted by Crippen LogP contribution is 2.32. The normalized spacial score (nSPS) is 10.8. The van der Waals surface area contributed by atoms with Crippen LogP contribution in [0.3, 0.4) is 0 Å². The number of carboxylic acid groups (broad SMARTS) is 1. The number of aryl methyl sites for hydroxylation is 1. The van der Waals surface area contributed by atoms with E-state index in [4.69, 9.17) is 4.74 Å². The molecule has 0 amide bonds. The number of rotatable bonds is 4. The second-order valence-electron chi connectivity index (χ2n) is 5.33. The largest absolute Gasteiger partial charge is 0.497 e. The summed E-state index contributed by atoms with van der Waals surface area (Å²) < 4.78 is 5.26. The number of benzene rings is 2. The summed E-state index contributed by atoms with van der Waals surface area (Å²) in [5, 5.41) is 10.2. The fourth-order valence-corrected chi connectivity index (χ4v) is 2.72. The zero-order valence-electron chi connectivity index (χ0n) is 12.5. The first-order valence-electron chi connectivity index (χ1n) is 7.06. The fraction of sp³-hybridized carbons (Fsp3) is 0.167. The van der Waals surface area contributed by atoms with Crippen molar-refractivity contribution in [2.45, 2.75) is 13.3 Å². The fourth-order valence-electron chi connectivity index (χ4n) is 2.72. The van der Waals surface area contributed by atoms with Crippen molar-refractivity contribution in [1.29, 1.82) is 0 Å². The predicted molar refractivity (Wildman–Crippen MR) is 86.4 cm³/mol. The number of carboxylic acids is 1. The van der Waals surface area contributed by atoms with Gasteiger partial charge in [0.1, 0.15) is 5.75 Å². The second-order valence-corrected chi connectivity index (χ2v) is 5.33. The van der Waals surface area contributed by atoms with E-state index < -0.39 is 5.97 Å². The molecule has 0 bridgehead atoms. The Hall–Kier alpha value is -2.75. The monoisotopic (exact) mass is 295 g/mol. The predicted octanol–water partition coefficient (Wildman–Crippen LogP) is 3.78. The molecule has 0 atom stereocenters. The van der Waals surface area contributed by atoms with Crippen LogP contribution in [0.25, 0.3) is 22.2 Å². The minimum absolute atomic E-state index is 0.0179. The third-order valence-electron chi connectivity index (χ3n) is 3.75. The molecule has 0 aliphatic carbocycles. The number of methoxy groups -OCH3 is 1. The highest BCUT2D eigenvalue weighted by molar-refractivity contribution is 5.94. The van der Waals surface area contributed by atoms with Crippen LogP contribution in [0.2, 0.25) is 0 Å². The maximum absolute atomic E-state index is 11.3. The topological polar surface area (TPSA) is 62.3 Å². The molecule has 3 aromatic rings. The summed E-state index contributed by atoms with van der Waals surface area (Å²) in [6.45, 7) is 2.00. The van der Waals surface area contributed by atoms with Crippen molar-refractivity contribution in [3.63, 3.8) is 0 Å². The van der Waals surface area contributed by atoms with Gasteiger partial charge in [0.2, 0.25) is 0 Å². The molecule has 1 heterocycles. The van der Waals surface area contributed by atoms with Crippen molar-refractivity contribution in [2.24, 2.45) is 0 Å². The third-order valence-corrected chi connectivity index (χ3v) is 3.75. The zero-order chi connectivity index (χ0) is 15.7. The van der Waals surface area contributed by atoms with Gasteiger partial charge in [-0.3, -0.25) is 4.79 Å². The van der Waals surface area contributed by atoms with Crippen LogP contribution in [0, 0.1) is 6.92 Å². The Kier molecular flexibility index (Phi) is 3.59. The van der Waals surface area contributed by atoms with Crippen LogP contribution in [-0.4, -0.2) is 23.2 Å². The molecular weight excluding hydrogens is 278 g/mol. The van der Waals surface area contributed by atoms with Crippen LogP contribution in [0.15, 0.2) is 42.5 Å². The highest BCUT2D eigenvalue weighted by atomic mass is 16.5. The number of aromatic amines is 1. The first-order chi connectivity index (χ1) is 10.6. The van der Waals surface area contributed by atoms with Gasteiger partial charge in [-0.25, -0.2) is 0 Å². The molecule has 0 spiro atoms. The van der Waals surface area contributed by atoms with E-state index in [-0.39, 0.29) is 6.42 Å². The van der Waals surface area contributed by atoms with Crippen LogP contribution < -0.4 is 4.74 Å². The number of ether oxygens (including phenoxy) is 1. The number of hydrogen-bond acceptors (Lipinski definition) is 2. The summed E-state index contributed by atoms with van der Waals surface area (Å²) in [5.74, 6) is -0.0971. The lowest BCUT2D eigenvalue weighted by molar-refractivity contribution is -0.136. The Morgan fingerprint density at radius 2 is 2.05 bits per heavy atom. The summed E-state index contributed by atoms with van der Waals surface area (Å²) in [5.41, 5.74) is 4.61. The van der Waals surface area contributed by atoms with Crippen LogP contribution in [0.5, 0.6) is 5.75 Å². The molecule has 2 N–H and O–H groups in total. The van der Waals surface area contributed by atoms with Crippen LogP contribution in [0.4, 0.5) is 0 Å².